The summed E-state index contributed by atoms with van der Waals surface area (Å²) < 4.78 is 13.4. The fourth-order valence-electron chi connectivity index (χ4n) is 2.15. The van der Waals surface area contributed by atoms with E-state index >= 15 is 0 Å². The standard InChI is InChI=1S/C12H12FNO/c1-9-10(4-2-5-11(9)13)12(14-8-15)6-3-7-12/h2,4-5H,3,6-7H2,1H3. The number of rotatable bonds is 2. The first-order valence-electron chi connectivity index (χ1n) is 5.04. The summed E-state index contributed by atoms with van der Waals surface area (Å²) in [4.78, 5) is 14.3. The zero-order chi connectivity index (χ0) is 10.9. The Morgan fingerprint density at radius 3 is 2.73 bits per heavy atom. The van der Waals surface area contributed by atoms with E-state index in [0.717, 1.165) is 24.8 Å². The molecular formula is C12H12FNO. The van der Waals surface area contributed by atoms with Crippen molar-refractivity contribution in [1.29, 1.82) is 0 Å². The van der Waals surface area contributed by atoms with Crippen LogP contribution in [0.15, 0.2) is 23.2 Å². The van der Waals surface area contributed by atoms with Crippen molar-refractivity contribution in [1.82, 2.24) is 0 Å². The van der Waals surface area contributed by atoms with Crippen LogP contribution < -0.4 is 0 Å². The van der Waals surface area contributed by atoms with Crippen LogP contribution in [0.25, 0.3) is 0 Å². The minimum atomic E-state index is -0.492. The van der Waals surface area contributed by atoms with Crippen molar-refractivity contribution in [2.75, 3.05) is 0 Å². The van der Waals surface area contributed by atoms with Crippen LogP contribution in [0.2, 0.25) is 0 Å². The molecule has 0 amide bonds. The molecule has 0 heterocycles. The lowest BCUT2D eigenvalue weighted by atomic mass is 9.71. The number of nitrogens with zero attached hydrogens (tertiary/aromatic N) is 1. The number of hydrogen-bond donors (Lipinski definition) is 0. The van der Waals surface area contributed by atoms with Gasteiger partial charge in [0.05, 0.1) is 5.54 Å². The van der Waals surface area contributed by atoms with E-state index in [-0.39, 0.29) is 5.82 Å². The predicted octanol–water partition coefficient (Wildman–Crippen LogP) is 2.85. The van der Waals surface area contributed by atoms with Gasteiger partial charge in [-0.05, 0) is 43.4 Å². The molecule has 0 radical (unpaired) electrons. The highest BCUT2D eigenvalue weighted by Gasteiger charge is 2.40. The van der Waals surface area contributed by atoms with Gasteiger partial charge >= 0.3 is 0 Å². The van der Waals surface area contributed by atoms with E-state index < -0.39 is 5.54 Å². The van der Waals surface area contributed by atoms with Gasteiger partial charge in [0.25, 0.3) is 0 Å². The third-order valence-corrected chi connectivity index (χ3v) is 3.21. The quantitative estimate of drug-likeness (QED) is 0.539. The number of isocyanates is 1. The fourth-order valence-corrected chi connectivity index (χ4v) is 2.15. The van der Waals surface area contributed by atoms with Gasteiger partial charge in [-0.25, -0.2) is 9.18 Å². The molecule has 2 nitrogen and oxygen atoms in total. The average molecular weight is 205 g/mol. The molecule has 1 aromatic carbocycles. The minimum Gasteiger partial charge on any atom is -0.211 e. The van der Waals surface area contributed by atoms with Crippen molar-refractivity contribution in [3.8, 4) is 0 Å². The first-order chi connectivity index (χ1) is 7.19. The van der Waals surface area contributed by atoms with Crippen molar-refractivity contribution in [3.63, 3.8) is 0 Å². The van der Waals surface area contributed by atoms with Gasteiger partial charge in [-0.3, -0.25) is 0 Å². The Balaban J connectivity index is 2.52. The zero-order valence-electron chi connectivity index (χ0n) is 8.59. The van der Waals surface area contributed by atoms with E-state index in [1.165, 1.54) is 6.07 Å². The lowest BCUT2D eigenvalue weighted by Gasteiger charge is -2.38. The second kappa shape index (κ2) is 3.59. The molecule has 0 N–H and O–H groups in total. The second-order valence-corrected chi connectivity index (χ2v) is 4.00. The van der Waals surface area contributed by atoms with Gasteiger partial charge in [0.2, 0.25) is 6.08 Å². The Bertz CT molecular complexity index is 431. The van der Waals surface area contributed by atoms with Gasteiger partial charge in [-0.1, -0.05) is 12.1 Å². The SMILES string of the molecule is Cc1c(F)cccc1C1(N=C=O)CCC1. The molecule has 1 aliphatic carbocycles. The second-order valence-electron chi connectivity index (χ2n) is 4.00. The van der Waals surface area contributed by atoms with Crippen LogP contribution in [0.1, 0.15) is 30.4 Å². The number of halogens is 1. The van der Waals surface area contributed by atoms with Gasteiger partial charge in [0.1, 0.15) is 5.82 Å². The van der Waals surface area contributed by atoms with Crippen LogP contribution in [0.4, 0.5) is 4.39 Å². The minimum absolute atomic E-state index is 0.236. The molecule has 0 aliphatic heterocycles. The van der Waals surface area contributed by atoms with Gasteiger partial charge in [-0.2, -0.15) is 4.99 Å². The molecule has 0 atom stereocenters. The summed E-state index contributed by atoms with van der Waals surface area (Å²) in [6.45, 7) is 1.73. The third-order valence-electron chi connectivity index (χ3n) is 3.21. The van der Waals surface area contributed by atoms with E-state index in [1.54, 1.807) is 19.1 Å². The lowest BCUT2D eigenvalue weighted by molar-refractivity contribution is 0.254. The first-order valence-corrected chi connectivity index (χ1v) is 5.04. The Kier molecular flexibility index (Phi) is 2.41. The topological polar surface area (TPSA) is 29.4 Å². The maximum absolute atomic E-state index is 13.4. The number of benzene rings is 1. The first kappa shape index (κ1) is 10.1. The van der Waals surface area contributed by atoms with Gasteiger partial charge in [0.15, 0.2) is 0 Å². The molecule has 15 heavy (non-hydrogen) atoms. The molecule has 2 rings (SSSR count). The summed E-state index contributed by atoms with van der Waals surface area (Å²) >= 11 is 0. The van der Waals surface area contributed by atoms with Crippen molar-refractivity contribution >= 4 is 6.08 Å². The summed E-state index contributed by atoms with van der Waals surface area (Å²) in [5.41, 5.74) is 0.932. The summed E-state index contributed by atoms with van der Waals surface area (Å²) in [5.74, 6) is -0.236. The summed E-state index contributed by atoms with van der Waals surface area (Å²) in [5, 5.41) is 0. The van der Waals surface area contributed by atoms with E-state index in [1.807, 2.05) is 6.07 Å². The van der Waals surface area contributed by atoms with Crippen LogP contribution in [-0.4, -0.2) is 6.08 Å². The molecule has 3 heteroatoms. The van der Waals surface area contributed by atoms with Crippen LogP contribution in [0, 0.1) is 12.7 Å². The highest BCUT2D eigenvalue weighted by atomic mass is 19.1. The predicted molar refractivity (Wildman–Crippen MR) is 54.8 cm³/mol. The highest BCUT2D eigenvalue weighted by Crippen LogP contribution is 2.46. The summed E-state index contributed by atoms with van der Waals surface area (Å²) in [6, 6.07) is 4.94. The van der Waals surface area contributed by atoms with Gasteiger partial charge in [0, 0.05) is 0 Å². The zero-order valence-corrected chi connectivity index (χ0v) is 8.59. The average Bonchev–Trinajstić information content (AvgIpc) is 2.17. The highest BCUT2D eigenvalue weighted by molar-refractivity contribution is 5.42. The van der Waals surface area contributed by atoms with Crippen LogP contribution in [-0.2, 0) is 10.3 Å². The van der Waals surface area contributed by atoms with Crippen molar-refractivity contribution < 1.29 is 9.18 Å². The fraction of sp³-hybridized carbons (Fsp3) is 0.417. The third kappa shape index (κ3) is 1.49. The van der Waals surface area contributed by atoms with E-state index in [0.29, 0.717) is 5.56 Å². The Morgan fingerprint density at radius 2 is 2.20 bits per heavy atom. The molecule has 0 spiro atoms. The summed E-state index contributed by atoms with van der Waals surface area (Å²) in [7, 11) is 0. The van der Waals surface area contributed by atoms with Crippen LogP contribution >= 0.6 is 0 Å². The van der Waals surface area contributed by atoms with Crippen LogP contribution in [0.5, 0.6) is 0 Å². The van der Waals surface area contributed by atoms with E-state index in [2.05, 4.69) is 4.99 Å². The largest absolute Gasteiger partial charge is 0.235 e. The molecule has 1 fully saturated rings. The smallest absolute Gasteiger partial charge is 0.211 e. The number of aliphatic imine (C=N–C) groups is 1. The molecule has 0 aromatic heterocycles. The molecular weight excluding hydrogens is 193 g/mol. The maximum atomic E-state index is 13.4. The molecule has 0 saturated heterocycles. The monoisotopic (exact) mass is 205 g/mol. The summed E-state index contributed by atoms with van der Waals surface area (Å²) in [6.07, 6.45) is 4.26. The Morgan fingerprint density at radius 1 is 1.47 bits per heavy atom. The van der Waals surface area contributed by atoms with Gasteiger partial charge in [-0.15, -0.1) is 0 Å². The maximum Gasteiger partial charge on any atom is 0.235 e. The Hall–Kier alpha value is -1.47. The molecule has 1 aliphatic rings. The number of carbonyl (C=O) groups excluding carboxylic acids is 1. The van der Waals surface area contributed by atoms with Crippen molar-refractivity contribution in [2.24, 2.45) is 4.99 Å². The van der Waals surface area contributed by atoms with Crippen molar-refractivity contribution in [3.05, 3.63) is 35.1 Å². The molecule has 1 aromatic rings. The van der Waals surface area contributed by atoms with Crippen LogP contribution in [0.3, 0.4) is 0 Å². The number of hydrogen-bond acceptors (Lipinski definition) is 2. The molecule has 0 bridgehead atoms. The molecule has 78 valence electrons. The van der Waals surface area contributed by atoms with Crippen molar-refractivity contribution in [2.45, 2.75) is 31.7 Å². The van der Waals surface area contributed by atoms with E-state index in [9.17, 15) is 9.18 Å². The molecule has 0 unspecified atom stereocenters. The lowest BCUT2D eigenvalue weighted by Crippen LogP contribution is -2.32. The van der Waals surface area contributed by atoms with E-state index in [4.69, 9.17) is 0 Å². The van der Waals surface area contributed by atoms with Gasteiger partial charge < -0.3 is 0 Å². The molecule has 1 saturated carbocycles. The Labute approximate surface area is 87.8 Å². The normalized spacial score (nSPS) is 17.7.